The summed E-state index contributed by atoms with van der Waals surface area (Å²) < 4.78 is 5.63. The molecule has 1 aromatic rings. The van der Waals surface area contributed by atoms with E-state index in [0.29, 0.717) is 13.2 Å². The molecule has 1 aromatic carbocycles. The van der Waals surface area contributed by atoms with Gasteiger partial charge in [-0.3, -0.25) is 4.79 Å². The first kappa shape index (κ1) is 17.5. The fourth-order valence-corrected chi connectivity index (χ4v) is 1.77. The Kier molecular flexibility index (Phi) is 6.69. The molecule has 0 saturated heterocycles. The smallest absolute Gasteiger partial charge is 0.237 e. The average Bonchev–Trinajstić information content (AvgIpc) is 2.42. The number of ether oxygens (including phenoxy) is 1. The number of amides is 1. The second kappa shape index (κ2) is 8.03. The standard InChI is InChI=1S/C17H28N2O2/c1-13-7-9-14(10-8-13)21-12-6-5-11-19-16(20)15(18)17(2,3)4/h7-10,15H,5-6,11-12,18H2,1-4H3,(H,19,20)/t15-/m1/s1. The van der Waals surface area contributed by atoms with E-state index in [4.69, 9.17) is 10.5 Å². The van der Waals surface area contributed by atoms with Crippen LogP contribution in [-0.2, 0) is 4.79 Å². The molecule has 4 nitrogen and oxygen atoms in total. The monoisotopic (exact) mass is 292 g/mol. The Bertz CT molecular complexity index is 435. The molecule has 0 unspecified atom stereocenters. The van der Waals surface area contributed by atoms with E-state index in [0.717, 1.165) is 18.6 Å². The third kappa shape index (κ3) is 6.63. The number of nitrogens with two attached hydrogens (primary N) is 1. The molecule has 1 atom stereocenters. The Labute approximate surface area is 128 Å². The lowest BCUT2D eigenvalue weighted by Gasteiger charge is -2.25. The molecule has 0 aliphatic carbocycles. The fraction of sp³-hybridized carbons (Fsp3) is 0.588. The van der Waals surface area contributed by atoms with Crippen LogP contribution in [0, 0.1) is 12.3 Å². The van der Waals surface area contributed by atoms with Gasteiger partial charge in [0.1, 0.15) is 5.75 Å². The molecule has 3 N–H and O–H groups in total. The molecular formula is C17H28N2O2. The topological polar surface area (TPSA) is 64.3 Å². The lowest BCUT2D eigenvalue weighted by molar-refractivity contribution is -0.124. The summed E-state index contributed by atoms with van der Waals surface area (Å²) in [5.74, 6) is 0.807. The molecule has 0 aliphatic rings. The van der Waals surface area contributed by atoms with Gasteiger partial charge in [0.25, 0.3) is 0 Å². The Balaban J connectivity index is 2.12. The van der Waals surface area contributed by atoms with Crippen LogP contribution in [-0.4, -0.2) is 25.1 Å². The molecule has 0 aromatic heterocycles. The summed E-state index contributed by atoms with van der Waals surface area (Å²) >= 11 is 0. The number of aryl methyl sites for hydroxylation is 1. The van der Waals surface area contributed by atoms with E-state index in [1.807, 2.05) is 45.0 Å². The number of hydrogen-bond donors (Lipinski definition) is 2. The van der Waals surface area contributed by atoms with E-state index >= 15 is 0 Å². The summed E-state index contributed by atoms with van der Waals surface area (Å²) in [7, 11) is 0. The molecule has 0 aliphatic heterocycles. The van der Waals surface area contributed by atoms with Crippen molar-refractivity contribution in [3.8, 4) is 5.75 Å². The Morgan fingerprint density at radius 1 is 1.24 bits per heavy atom. The van der Waals surface area contributed by atoms with Crippen molar-refractivity contribution in [2.45, 2.75) is 46.6 Å². The van der Waals surface area contributed by atoms with Gasteiger partial charge in [0.2, 0.25) is 5.91 Å². The number of nitrogens with one attached hydrogen (secondary N) is 1. The second-order valence-electron chi connectivity index (χ2n) is 6.50. The Morgan fingerprint density at radius 2 is 1.86 bits per heavy atom. The van der Waals surface area contributed by atoms with Gasteiger partial charge in [-0.1, -0.05) is 38.5 Å². The number of unbranched alkanes of at least 4 members (excludes halogenated alkanes) is 1. The second-order valence-corrected chi connectivity index (χ2v) is 6.50. The Morgan fingerprint density at radius 3 is 2.43 bits per heavy atom. The van der Waals surface area contributed by atoms with Crippen molar-refractivity contribution < 1.29 is 9.53 Å². The van der Waals surface area contributed by atoms with Gasteiger partial charge in [0.05, 0.1) is 12.6 Å². The van der Waals surface area contributed by atoms with Crippen LogP contribution in [0.25, 0.3) is 0 Å². The van der Waals surface area contributed by atoms with Crippen molar-refractivity contribution in [3.05, 3.63) is 29.8 Å². The number of carbonyl (C=O) groups excluding carboxylic acids is 1. The normalized spacial score (nSPS) is 12.8. The molecule has 118 valence electrons. The highest BCUT2D eigenvalue weighted by atomic mass is 16.5. The van der Waals surface area contributed by atoms with Gasteiger partial charge >= 0.3 is 0 Å². The number of hydrogen-bond acceptors (Lipinski definition) is 3. The van der Waals surface area contributed by atoms with E-state index in [9.17, 15) is 4.79 Å². The number of carbonyl (C=O) groups is 1. The van der Waals surface area contributed by atoms with Crippen LogP contribution in [0.2, 0.25) is 0 Å². The molecule has 0 radical (unpaired) electrons. The summed E-state index contributed by atoms with van der Waals surface area (Å²) in [6, 6.07) is 7.53. The maximum absolute atomic E-state index is 11.8. The average molecular weight is 292 g/mol. The van der Waals surface area contributed by atoms with Gasteiger partial charge in [0, 0.05) is 6.54 Å². The van der Waals surface area contributed by atoms with Gasteiger partial charge in [-0.05, 0) is 37.3 Å². The van der Waals surface area contributed by atoms with Crippen LogP contribution in [0.5, 0.6) is 5.75 Å². The maximum atomic E-state index is 11.8. The van der Waals surface area contributed by atoms with Gasteiger partial charge in [-0.2, -0.15) is 0 Å². The molecule has 0 fully saturated rings. The zero-order valence-electron chi connectivity index (χ0n) is 13.6. The first-order valence-electron chi connectivity index (χ1n) is 7.53. The maximum Gasteiger partial charge on any atom is 0.237 e. The lowest BCUT2D eigenvalue weighted by atomic mass is 9.87. The van der Waals surface area contributed by atoms with E-state index in [1.165, 1.54) is 5.56 Å². The van der Waals surface area contributed by atoms with Crippen molar-refractivity contribution in [3.63, 3.8) is 0 Å². The molecule has 1 amide bonds. The zero-order valence-corrected chi connectivity index (χ0v) is 13.6. The first-order valence-corrected chi connectivity index (χ1v) is 7.53. The predicted molar refractivity (Wildman–Crippen MR) is 86.3 cm³/mol. The quantitative estimate of drug-likeness (QED) is 0.759. The molecule has 0 saturated carbocycles. The molecule has 0 heterocycles. The molecule has 21 heavy (non-hydrogen) atoms. The summed E-state index contributed by atoms with van der Waals surface area (Å²) in [4.78, 5) is 11.8. The van der Waals surface area contributed by atoms with Crippen molar-refractivity contribution in [1.82, 2.24) is 5.32 Å². The van der Waals surface area contributed by atoms with Crippen LogP contribution >= 0.6 is 0 Å². The molecule has 0 spiro atoms. The molecule has 0 bridgehead atoms. The van der Waals surface area contributed by atoms with E-state index in [1.54, 1.807) is 0 Å². The minimum atomic E-state index is -0.471. The van der Waals surface area contributed by atoms with E-state index in [2.05, 4.69) is 12.2 Å². The van der Waals surface area contributed by atoms with Gasteiger partial charge in [0.15, 0.2) is 0 Å². The van der Waals surface area contributed by atoms with Crippen molar-refractivity contribution in [2.24, 2.45) is 11.1 Å². The number of rotatable bonds is 7. The Hall–Kier alpha value is -1.55. The minimum absolute atomic E-state index is 0.0815. The molecule has 4 heteroatoms. The van der Waals surface area contributed by atoms with E-state index in [-0.39, 0.29) is 11.3 Å². The van der Waals surface area contributed by atoms with Gasteiger partial charge < -0.3 is 15.8 Å². The van der Waals surface area contributed by atoms with Crippen LogP contribution in [0.1, 0.15) is 39.2 Å². The number of benzene rings is 1. The van der Waals surface area contributed by atoms with Crippen molar-refractivity contribution in [2.75, 3.05) is 13.2 Å². The SMILES string of the molecule is Cc1ccc(OCCCCNC(=O)[C@@H](N)C(C)(C)C)cc1. The third-order valence-corrected chi connectivity index (χ3v) is 3.38. The molecule has 1 rings (SSSR count). The van der Waals surface area contributed by atoms with Crippen LogP contribution < -0.4 is 15.8 Å². The van der Waals surface area contributed by atoms with Crippen molar-refractivity contribution in [1.29, 1.82) is 0 Å². The predicted octanol–water partition coefficient (Wildman–Crippen LogP) is 2.64. The van der Waals surface area contributed by atoms with Crippen LogP contribution in [0.3, 0.4) is 0 Å². The lowest BCUT2D eigenvalue weighted by Crippen LogP contribution is -2.48. The van der Waals surface area contributed by atoms with Crippen LogP contribution in [0.4, 0.5) is 0 Å². The highest BCUT2D eigenvalue weighted by molar-refractivity contribution is 5.82. The van der Waals surface area contributed by atoms with E-state index < -0.39 is 6.04 Å². The first-order chi connectivity index (χ1) is 9.80. The van der Waals surface area contributed by atoms with Gasteiger partial charge in [-0.15, -0.1) is 0 Å². The summed E-state index contributed by atoms with van der Waals surface area (Å²) in [5.41, 5.74) is 6.90. The third-order valence-electron chi connectivity index (χ3n) is 3.38. The summed E-state index contributed by atoms with van der Waals surface area (Å²) in [6.07, 6.45) is 1.79. The fourth-order valence-electron chi connectivity index (χ4n) is 1.77. The largest absolute Gasteiger partial charge is 0.494 e. The zero-order chi connectivity index (χ0) is 15.9. The van der Waals surface area contributed by atoms with Crippen LogP contribution in [0.15, 0.2) is 24.3 Å². The highest BCUT2D eigenvalue weighted by Crippen LogP contribution is 2.17. The van der Waals surface area contributed by atoms with Crippen molar-refractivity contribution >= 4 is 5.91 Å². The molecular weight excluding hydrogens is 264 g/mol. The minimum Gasteiger partial charge on any atom is -0.494 e. The summed E-state index contributed by atoms with van der Waals surface area (Å²) in [6.45, 7) is 9.24. The van der Waals surface area contributed by atoms with Gasteiger partial charge in [-0.25, -0.2) is 0 Å². The highest BCUT2D eigenvalue weighted by Gasteiger charge is 2.26. The summed E-state index contributed by atoms with van der Waals surface area (Å²) in [5, 5.41) is 2.88.